The van der Waals surface area contributed by atoms with E-state index in [9.17, 15) is 4.79 Å². The number of fused-ring (bicyclic) bond motifs is 1. The molecule has 4 rings (SSSR count). The number of carbonyl (C=O) groups is 1. The number of aromatic nitrogens is 3. The molecule has 1 fully saturated rings. The molecular formula is C18H20N4O2S. The molecule has 1 saturated heterocycles. The summed E-state index contributed by atoms with van der Waals surface area (Å²) in [6.45, 7) is 3.23. The van der Waals surface area contributed by atoms with Crippen LogP contribution in [0.3, 0.4) is 0 Å². The van der Waals surface area contributed by atoms with Gasteiger partial charge in [0.25, 0.3) is 5.91 Å². The molecule has 0 unspecified atom stereocenters. The van der Waals surface area contributed by atoms with Crippen LogP contribution in [0.2, 0.25) is 0 Å². The highest BCUT2D eigenvalue weighted by atomic mass is 32.1. The van der Waals surface area contributed by atoms with Crippen LogP contribution in [0.1, 0.15) is 28.9 Å². The van der Waals surface area contributed by atoms with E-state index in [0.29, 0.717) is 12.1 Å². The SMILES string of the molecule is Cc1nn(C)c2nc(-c3cccs3)cc(C(=O)NC[C@H]3CCCO3)c12. The molecule has 1 aliphatic heterocycles. The largest absolute Gasteiger partial charge is 0.376 e. The Bertz CT molecular complexity index is 911. The molecule has 0 aliphatic carbocycles. The van der Waals surface area contributed by atoms with E-state index in [4.69, 9.17) is 9.72 Å². The van der Waals surface area contributed by atoms with Gasteiger partial charge in [0, 0.05) is 20.2 Å². The fraction of sp³-hybridized carbons (Fsp3) is 0.389. The van der Waals surface area contributed by atoms with E-state index < -0.39 is 0 Å². The zero-order valence-corrected chi connectivity index (χ0v) is 15.1. The number of hydrogen-bond donors (Lipinski definition) is 1. The number of carbonyl (C=O) groups excluding carboxylic acids is 1. The van der Waals surface area contributed by atoms with Crippen molar-refractivity contribution in [3.05, 3.63) is 34.8 Å². The first-order valence-electron chi connectivity index (χ1n) is 8.41. The second-order valence-corrected chi connectivity index (χ2v) is 7.23. The van der Waals surface area contributed by atoms with Gasteiger partial charge in [-0.3, -0.25) is 9.48 Å². The first-order chi connectivity index (χ1) is 12.1. The summed E-state index contributed by atoms with van der Waals surface area (Å²) in [5.41, 5.74) is 2.96. The van der Waals surface area contributed by atoms with Gasteiger partial charge in [-0.2, -0.15) is 5.10 Å². The van der Waals surface area contributed by atoms with Crippen molar-refractivity contribution in [1.29, 1.82) is 0 Å². The van der Waals surface area contributed by atoms with Gasteiger partial charge < -0.3 is 10.1 Å². The number of hydrogen-bond acceptors (Lipinski definition) is 5. The summed E-state index contributed by atoms with van der Waals surface area (Å²) >= 11 is 1.61. The van der Waals surface area contributed by atoms with Gasteiger partial charge in [0.2, 0.25) is 0 Å². The van der Waals surface area contributed by atoms with Crippen molar-refractivity contribution < 1.29 is 9.53 Å². The molecule has 1 N–H and O–H groups in total. The Labute approximate surface area is 149 Å². The van der Waals surface area contributed by atoms with E-state index in [0.717, 1.165) is 46.7 Å². The lowest BCUT2D eigenvalue weighted by molar-refractivity contribution is 0.0859. The number of thiophene rings is 1. The Morgan fingerprint density at radius 3 is 3.12 bits per heavy atom. The van der Waals surface area contributed by atoms with E-state index in [1.54, 1.807) is 16.0 Å². The quantitative estimate of drug-likeness (QED) is 0.780. The maximum absolute atomic E-state index is 12.9. The van der Waals surface area contributed by atoms with Gasteiger partial charge in [0.05, 0.1) is 33.3 Å². The molecule has 25 heavy (non-hydrogen) atoms. The highest BCUT2D eigenvalue weighted by Gasteiger charge is 2.21. The number of aryl methyl sites for hydroxylation is 2. The third kappa shape index (κ3) is 3.05. The number of nitrogens with zero attached hydrogens (tertiary/aromatic N) is 3. The molecule has 0 aromatic carbocycles. The smallest absolute Gasteiger partial charge is 0.252 e. The molecule has 0 spiro atoms. The lowest BCUT2D eigenvalue weighted by atomic mass is 10.1. The monoisotopic (exact) mass is 356 g/mol. The summed E-state index contributed by atoms with van der Waals surface area (Å²) in [6, 6.07) is 5.86. The number of nitrogens with one attached hydrogen (secondary N) is 1. The summed E-state index contributed by atoms with van der Waals surface area (Å²) in [4.78, 5) is 18.6. The van der Waals surface area contributed by atoms with Crippen LogP contribution >= 0.6 is 11.3 Å². The third-order valence-corrected chi connectivity index (χ3v) is 5.39. The van der Waals surface area contributed by atoms with Gasteiger partial charge in [0.1, 0.15) is 0 Å². The van der Waals surface area contributed by atoms with Crippen LogP contribution in [0.4, 0.5) is 0 Å². The van der Waals surface area contributed by atoms with E-state index in [1.165, 1.54) is 0 Å². The molecule has 6 nitrogen and oxygen atoms in total. The molecule has 4 heterocycles. The Hall–Kier alpha value is -2.25. The van der Waals surface area contributed by atoms with Gasteiger partial charge in [-0.05, 0) is 37.3 Å². The van der Waals surface area contributed by atoms with Crippen LogP contribution < -0.4 is 5.32 Å². The Morgan fingerprint density at radius 2 is 2.40 bits per heavy atom. The predicted octanol–water partition coefficient (Wildman–Crippen LogP) is 2.91. The molecule has 0 saturated carbocycles. The molecule has 7 heteroatoms. The second-order valence-electron chi connectivity index (χ2n) is 6.29. The van der Waals surface area contributed by atoms with Crippen molar-refractivity contribution in [3.8, 4) is 10.6 Å². The van der Waals surface area contributed by atoms with Crippen molar-refractivity contribution in [1.82, 2.24) is 20.1 Å². The Kier molecular flexibility index (Phi) is 4.27. The predicted molar refractivity (Wildman–Crippen MR) is 97.9 cm³/mol. The van der Waals surface area contributed by atoms with Crippen molar-refractivity contribution in [2.75, 3.05) is 13.2 Å². The fourth-order valence-electron chi connectivity index (χ4n) is 3.28. The van der Waals surface area contributed by atoms with E-state index in [2.05, 4.69) is 10.4 Å². The maximum Gasteiger partial charge on any atom is 0.252 e. The molecule has 1 amide bonds. The zero-order chi connectivity index (χ0) is 17.4. The van der Waals surface area contributed by atoms with Crippen LogP contribution in [-0.4, -0.2) is 39.9 Å². The zero-order valence-electron chi connectivity index (χ0n) is 14.3. The third-order valence-electron chi connectivity index (χ3n) is 4.50. The highest BCUT2D eigenvalue weighted by molar-refractivity contribution is 7.13. The number of amides is 1. The van der Waals surface area contributed by atoms with Crippen molar-refractivity contribution in [2.45, 2.75) is 25.9 Å². The lowest BCUT2D eigenvalue weighted by Crippen LogP contribution is -2.32. The van der Waals surface area contributed by atoms with Crippen LogP contribution in [-0.2, 0) is 11.8 Å². The minimum absolute atomic E-state index is 0.100. The summed E-state index contributed by atoms with van der Waals surface area (Å²) < 4.78 is 7.33. The number of rotatable bonds is 4. The highest BCUT2D eigenvalue weighted by Crippen LogP contribution is 2.29. The van der Waals surface area contributed by atoms with Crippen molar-refractivity contribution in [3.63, 3.8) is 0 Å². The molecule has 0 bridgehead atoms. The van der Waals surface area contributed by atoms with E-state index in [-0.39, 0.29) is 12.0 Å². The molecular weight excluding hydrogens is 336 g/mol. The topological polar surface area (TPSA) is 69.0 Å². The van der Waals surface area contributed by atoms with Crippen molar-refractivity contribution >= 4 is 28.3 Å². The maximum atomic E-state index is 12.9. The minimum Gasteiger partial charge on any atom is -0.376 e. The van der Waals surface area contributed by atoms with E-state index >= 15 is 0 Å². The number of ether oxygens (including phenoxy) is 1. The average molecular weight is 356 g/mol. The first-order valence-corrected chi connectivity index (χ1v) is 9.29. The van der Waals surface area contributed by atoms with Gasteiger partial charge in [-0.15, -0.1) is 11.3 Å². The normalized spacial score (nSPS) is 17.3. The Balaban J connectivity index is 1.73. The molecule has 3 aromatic rings. The number of pyridine rings is 1. The summed E-state index contributed by atoms with van der Waals surface area (Å²) in [6.07, 6.45) is 2.18. The van der Waals surface area contributed by atoms with Crippen LogP contribution in [0.5, 0.6) is 0 Å². The van der Waals surface area contributed by atoms with Gasteiger partial charge in [-0.1, -0.05) is 6.07 Å². The average Bonchev–Trinajstić information content (AvgIpc) is 3.35. The van der Waals surface area contributed by atoms with E-state index in [1.807, 2.05) is 37.6 Å². The second kappa shape index (κ2) is 6.57. The summed E-state index contributed by atoms with van der Waals surface area (Å²) in [5.74, 6) is -0.100. The summed E-state index contributed by atoms with van der Waals surface area (Å²) in [7, 11) is 1.86. The lowest BCUT2D eigenvalue weighted by Gasteiger charge is -2.12. The molecule has 3 aromatic heterocycles. The van der Waals surface area contributed by atoms with Crippen LogP contribution in [0.25, 0.3) is 21.6 Å². The van der Waals surface area contributed by atoms with Crippen LogP contribution in [0.15, 0.2) is 23.6 Å². The van der Waals surface area contributed by atoms with Gasteiger partial charge in [-0.25, -0.2) is 4.98 Å². The first kappa shape index (κ1) is 16.2. The standard InChI is InChI=1S/C18H20N4O2S/c1-11-16-13(18(23)19-10-12-5-3-7-24-12)9-14(15-6-4-8-25-15)20-17(16)22(2)21-11/h4,6,8-9,12H,3,5,7,10H2,1-2H3,(H,19,23)/t12-/m1/s1. The van der Waals surface area contributed by atoms with Gasteiger partial charge in [0.15, 0.2) is 5.65 Å². The molecule has 130 valence electrons. The molecule has 1 atom stereocenters. The molecule has 1 aliphatic rings. The minimum atomic E-state index is -0.100. The van der Waals surface area contributed by atoms with Gasteiger partial charge >= 0.3 is 0 Å². The molecule has 0 radical (unpaired) electrons. The Morgan fingerprint density at radius 1 is 1.52 bits per heavy atom. The fourth-order valence-corrected chi connectivity index (χ4v) is 3.97. The summed E-state index contributed by atoms with van der Waals surface area (Å²) in [5, 5.41) is 10.3. The van der Waals surface area contributed by atoms with Crippen LogP contribution in [0, 0.1) is 6.92 Å². The van der Waals surface area contributed by atoms with Crippen molar-refractivity contribution in [2.24, 2.45) is 7.05 Å².